The zero-order chi connectivity index (χ0) is 12.9. The normalized spacial score (nSPS) is 11.5. The summed E-state index contributed by atoms with van der Waals surface area (Å²) in [5.41, 5.74) is 5.82. The molecule has 3 N–H and O–H groups in total. The number of nitrogens with zero attached hydrogens (tertiary/aromatic N) is 2. The zero-order valence-corrected chi connectivity index (χ0v) is 11.1. The zero-order valence-electron chi connectivity index (χ0n) is 11.1. The molecule has 1 rings (SSSR count). The number of nitrogens with one attached hydrogen (secondary N) is 1. The van der Waals surface area contributed by atoms with E-state index < -0.39 is 0 Å². The summed E-state index contributed by atoms with van der Waals surface area (Å²) in [5.74, 6) is 1.96. The number of aryl methyl sites for hydroxylation is 1. The molecular formula is C12H22N4O. The van der Waals surface area contributed by atoms with E-state index in [9.17, 15) is 0 Å². The molecule has 0 saturated heterocycles. The first-order valence-corrected chi connectivity index (χ1v) is 5.77. The molecule has 0 radical (unpaired) electrons. The lowest BCUT2D eigenvalue weighted by atomic mass is 9.90. The van der Waals surface area contributed by atoms with E-state index in [1.54, 1.807) is 13.2 Å². The third-order valence-corrected chi connectivity index (χ3v) is 2.59. The van der Waals surface area contributed by atoms with E-state index in [4.69, 9.17) is 10.5 Å². The first-order chi connectivity index (χ1) is 7.93. The summed E-state index contributed by atoms with van der Waals surface area (Å²) in [7, 11) is 1.72. The van der Waals surface area contributed by atoms with E-state index in [0.29, 0.717) is 11.6 Å². The van der Waals surface area contributed by atoms with Crippen LogP contribution < -0.4 is 11.1 Å². The summed E-state index contributed by atoms with van der Waals surface area (Å²) in [5, 5.41) is 3.29. The lowest BCUT2D eigenvalue weighted by Gasteiger charge is -2.24. The van der Waals surface area contributed by atoms with Gasteiger partial charge >= 0.3 is 0 Å². The number of anilines is 2. The minimum Gasteiger partial charge on any atom is -0.385 e. The highest BCUT2D eigenvalue weighted by atomic mass is 16.5. The van der Waals surface area contributed by atoms with Crippen LogP contribution in [-0.2, 0) is 4.74 Å². The van der Waals surface area contributed by atoms with Gasteiger partial charge in [-0.05, 0) is 18.8 Å². The molecule has 1 heterocycles. The van der Waals surface area contributed by atoms with E-state index in [2.05, 4.69) is 29.1 Å². The minimum absolute atomic E-state index is 0.156. The number of nitrogen functional groups attached to an aromatic ring is 1. The molecule has 0 aliphatic rings. The Morgan fingerprint density at radius 3 is 2.71 bits per heavy atom. The second-order valence-electron chi connectivity index (χ2n) is 4.99. The molecule has 0 spiro atoms. The largest absolute Gasteiger partial charge is 0.385 e. The van der Waals surface area contributed by atoms with Crippen molar-refractivity contribution in [2.75, 3.05) is 31.3 Å². The lowest BCUT2D eigenvalue weighted by molar-refractivity contribution is 0.157. The fourth-order valence-electron chi connectivity index (χ4n) is 1.48. The average Bonchev–Trinajstić information content (AvgIpc) is 2.23. The predicted molar refractivity (Wildman–Crippen MR) is 69.9 cm³/mol. The molecule has 17 heavy (non-hydrogen) atoms. The van der Waals surface area contributed by atoms with Crippen molar-refractivity contribution in [2.24, 2.45) is 5.41 Å². The van der Waals surface area contributed by atoms with Gasteiger partial charge in [-0.25, -0.2) is 9.97 Å². The summed E-state index contributed by atoms with van der Waals surface area (Å²) in [4.78, 5) is 8.32. The molecule has 0 aliphatic heterocycles. The second kappa shape index (κ2) is 5.82. The van der Waals surface area contributed by atoms with Gasteiger partial charge in [0.05, 0.1) is 0 Å². The maximum absolute atomic E-state index is 5.67. The molecule has 5 nitrogen and oxygen atoms in total. The highest BCUT2D eigenvalue weighted by Crippen LogP contribution is 2.21. The first-order valence-electron chi connectivity index (χ1n) is 5.77. The van der Waals surface area contributed by atoms with Crippen molar-refractivity contribution >= 4 is 11.6 Å². The van der Waals surface area contributed by atoms with Crippen LogP contribution in [0, 0.1) is 12.3 Å². The first kappa shape index (κ1) is 13.7. The Bertz CT molecular complexity index is 345. The molecule has 0 aliphatic carbocycles. The molecule has 0 amide bonds. The molecule has 0 aromatic carbocycles. The molecule has 96 valence electrons. The Kier molecular flexibility index (Phi) is 4.69. The van der Waals surface area contributed by atoms with Crippen molar-refractivity contribution in [3.8, 4) is 0 Å². The molecule has 1 aromatic rings. The molecule has 0 fully saturated rings. The van der Waals surface area contributed by atoms with Crippen molar-refractivity contribution < 1.29 is 4.74 Å². The van der Waals surface area contributed by atoms with Gasteiger partial charge in [0, 0.05) is 26.3 Å². The van der Waals surface area contributed by atoms with Crippen LogP contribution in [0.1, 0.15) is 26.1 Å². The third-order valence-electron chi connectivity index (χ3n) is 2.59. The Morgan fingerprint density at radius 2 is 2.12 bits per heavy atom. The van der Waals surface area contributed by atoms with Crippen molar-refractivity contribution in [3.63, 3.8) is 0 Å². The second-order valence-corrected chi connectivity index (χ2v) is 4.99. The van der Waals surface area contributed by atoms with Gasteiger partial charge in [-0.15, -0.1) is 0 Å². The summed E-state index contributed by atoms with van der Waals surface area (Å²) >= 11 is 0. The maximum Gasteiger partial charge on any atom is 0.131 e. The molecule has 0 atom stereocenters. The standard InChI is InChI=1S/C12H22N4O/c1-9-15-10(13)7-11(16-9)14-8-12(2,3)5-6-17-4/h7H,5-6,8H2,1-4H3,(H3,13,14,15,16). The number of nitrogens with two attached hydrogens (primary N) is 1. The summed E-state index contributed by atoms with van der Waals surface area (Å²) < 4.78 is 5.09. The van der Waals surface area contributed by atoms with Crippen molar-refractivity contribution in [1.29, 1.82) is 0 Å². The van der Waals surface area contributed by atoms with Crippen LogP contribution in [0.3, 0.4) is 0 Å². The van der Waals surface area contributed by atoms with E-state index in [1.165, 1.54) is 0 Å². The average molecular weight is 238 g/mol. The smallest absolute Gasteiger partial charge is 0.131 e. The fraction of sp³-hybridized carbons (Fsp3) is 0.667. The van der Waals surface area contributed by atoms with Crippen molar-refractivity contribution in [1.82, 2.24) is 9.97 Å². The number of aromatic nitrogens is 2. The number of hydrogen-bond acceptors (Lipinski definition) is 5. The van der Waals surface area contributed by atoms with Gasteiger partial charge in [0.25, 0.3) is 0 Å². The van der Waals surface area contributed by atoms with Crippen LogP contribution >= 0.6 is 0 Å². The van der Waals surface area contributed by atoms with Gasteiger partial charge in [0.1, 0.15) is 17.5 Å². The quantitative estimate of drug-likeness (QED) is 0.791. The van der Waals surface area contributed by atoms with Gasteiger partial charge in [-0.3, -0.25) is 0 Å². The van der Waals surface area contributed by atoms with E-state index in [0.717, 1.165) is 25.4 Å². The maximum atomic E-state index is 5.67. The van der Waals surface area contributed by atoms with Crippen LogP contribution in [0.2, 0.25) is 0 Å². The van der Waals surface area contributed by atoms with Gasteiger partial charge < -0.3 is 15.8 Å². The number of ether oxygens (including phenoxy) is 1. The Labute approximate surface area is 103 Å². The SMILES string of the molecule is COCCC(C)(C)CNc1cc(N)nc(C)n1. The van der Waals surface area contributed by atoms with Crippen LogP contribution in [0.5, 0.6) is 0 Å². The molecule has 0 unspecified atom stereocenters. The van der Waals surface area contributed by atoms with Gasteiger partial charge in [-0.2, -0.15) is 0 Å². The van der Waals surface area contributed by atoms with Crippen molar-refractivity contribution in [2.45, 2.75) is 27.2 Å². The highest BCUT2D eigenvalue weighted by molar-refractivity contribution is 5.44. The lowest BCUT2D eigenvalue weighted by Crippen LogP contribution is -2.25. The highest BCUT2D eigenvalue weighted by Gasteiger charge is 2.17. The van der Waals surface area contributed by atoms with Crippen molar-refractivity contribution in [3.05, 3.63) is 11.9 Å². The molecule has 0 bridgehead atoms. The summed E-state index contributed by atoms with van der Waals surface area (Å²) in [6.45, 7) is 7.80. The molecule has 5 heteroatoms. The third kappa shape index (κ3) is 4.99. The molecule has 0 saturated carbocycles. The van der Waals surface area contributed by atoms with E-state index in [1.807, 2.05) is 6.92 Å². The molecule has 1 aromatic heterocycles. The monoisotopic (exact) mass is 238 g/mol. The van der Waals surface area contributed by atoms with E-state index in [-0.39, 0.29) is 5.41 Å². The Hall–Kier alpha value is -1.36. The molecular weight excluding hydrogens is 216 g/mol. The van der Waals surface area contributed by atoms with Gasteiger partial charge in [-0.1, -0.05) is 13.8 Å². The Morgan fingerprint density at radius 1 is 1.41 bits per heavy atom. The minimum atomic E-state index is 0.156. The number of rotatable bonds is 6. The summed E-state index contributed by atoms with van der Waals surface area (Å²) in [6.07, 6.45) is 0.996. The Balaban J connectivity index is 2.54. The van der Waals surface area contributed by atoms with Gasteiger partial charge in [0.2, 0.25) is 0 Å². The fourth-order valence-corrected chi connectivity index (χ4v) is 1.48. The number of hydrogen-bond donors (Lipinski definition) is 2. The topological polar surface area (TPSA) is 73.1 Å². The van der Waals surface area contributed by atoms with Crippen LogP contribution in [0.25, 0.3) is 0 Å². The summed E-state index contributed by atoms with van der Waals surface area (Å²) in [6, 6.07) is 1.75. The van der Waals surface area contributed by atoms with Crippen LogP contribution in [0.4, 0.5) is 11.6 Å². The predicted octanol–water partition coefficient (Wildman–Crippen LogP) is 1.84. The number of methoxy groups -OCH3 is 1. The van der Waals surface area contributed by atoms with Crippen LogP contribution in [-0.4, -0.2) is 30.2 Å². The van der Waals surface area contributed by atoms with Crippen LogP contribution in [0.15, 0.2) is 6.07 Å². The van der Waals surface area contributed by atoms with E-state index >= 15 is 0 Å². The van der Waals surface area contributed by atoms with Gasteiger partial charge in [0.15, 0.2) is 0 Å².